The second kappa shape index (κ2) is 12.3. The SMILES string of the molecule is CNC(C)C(=O)Nc1ccc(-c2cccc(C(=O)N(C)C)c2C)n(Cc2cccc(-n3cc(C)c4cc(F)ccc43)c2)c1=O. The number of nitrogens with one attached hydrogen (secondary N) is 2. The zero-order valence-corrected chi connectivity index (χ0v) is 25.7. The number of hydrogen-bond acceptors (Lipinski definition) is 4. The number of anilines is 1. The van der Waals surface area contributed by atoms with Crippen molar-refractivity contribution in [3.05, 3.63) is 117 Å². The molecule has 2 heterocycles. The van der Waals surface area contributed by atoms with Crippen molar-refractivity contribution < 1.29 is 14.0 Å². The van der Waals surface area contributed by atoms with Gasteiger partial charge in [-0.3, -0.25) is 14.4 Å². The van der Waals surface area contributed by atoms with E-state index in [0.717, 1.165) is 38.8 Å². The van der Waals surface area contributed by atoms with Crippen LogP contribution in [0.3, 0.4) is 0 Å². The molecule has 0 spiro atoms. The van der Waals surface area contributed by atoms with E-state index in [2.05, 4.69) is 10.6 Å². The topological polar surface area (TPSA) is 88.4 Å². The van der Waals surface area contributed by atoms with E-state index < -0.39 is 6.04 Å². The number of carbonyl (C=O) groups excluding carboxylic acids is 2. The number of amides is 2. The molecular formula is C35H36FN5O3. The summed E-state index contributed by atoms with van der Waals surface area (Å²) in [6, 6.07) is 20.9. The highest BCUT2D eigenvalue weighted by Gasteiger charge is 2.20. The van der Waals surface area contributed by atoms with Gasteiger partial charge in [0.15, 0.2) is 0 Å². The summed E-state index contributed by atoms with van der Waals surface area (Å²) in [5, 5.41) is 6.48. The standard InChI is InChI=1S/C35H36FN5O3/c1-21-19-40(32-15-13-25(36)18-29(21)32)26-10-7-9-24(17-26)20-41-31(16-14-30(35(41)44)38-33(42)23(3)37-4)27-11-8-12-28(22(27)2)34(43)39(5)6/h7-19,23,37H,20H2,1-6H3,(H,38,42). The number of pyridine rings is 1. The third kappa shape index (κ3) is 5.78. The van der Waals surface area contributed by atoms with Crippen LogP contribution in [0.5, 0.6) is 0 Å². The van der Waals surface area contributed by atoms with E-state index in [4.69, 9.17) is 0 Å². The van der Waals surface area contributed by atoms with Crippen LogP contribution in [0, 0.1) is 19.7 Å². The molecule has 0 bridgehead atoms. The lowest BCUT2D eigenvalue weighted by Gasteiger charge is -2.20. The molecule has 3 aromatic carbocycles. The zero-order chi connectivity index (χ0) is 31.7. The largest absolute Gasteiger partial charge is 0.345 e. The summed E-state index contributed by atoms with van der Waals surface area (Å²) in [6.45, 7) is 5.73. The molecule has 5 aromatic rings. The Morgan fingerprint density at radius 3 is 2.45 bits per heavy atom. The van der Waals surface area contributed by atoms with Gasteiger partial charge in [0.2, 0.25) is 5.91 Å². The van der Waals surface area contributed by atoms with Crippen molar-refractivity contribution in [1.82, 2.24) is 19.4 Å². The lowest BCUT2D eigenvalue weighted by atomic mass is 9.98. The van der Waals surface area contributed by atoms with Gasteiger partial charge in [0.05, 0.1) is 23.8 Å². The van der Waals surface area contributed by atoms with Crippen LogP contribution in [0.4, 0.5) is 10.1 Å². The predicted octanol–water partition coefficient (Wildman–Crippen LogP) is 5.51. The second-order valence-electron chi connectivity index (χ2n) is 11.2. The molecule has 9 heteroatoms. The summed E-state index contributed by atoms with van der Waals surface area (Å²) >= 11 is 0. The first-order chi connectivity index (χ1) is 21.0. The predicted molar refractivity (Wildman–Crippen MR) is 173 cm³/mol. The summed E-state index contributed by atoms with van der Waals surface area (Å²) in [4.78, 5) is 41.2. The normalized spacial score (nSPS) is 11.9. The van der Waals surface area contributed by atoms with E-state index in [1.165, 1.54) is 17.0 Å². The Morgan fingerprint density at radius 1 is 0.977 bits per heavy atom. The van der Waals surface area contributed by atoms with Crippen molar-refractivity contribution in [2.45, 2.75) is 33.4 Å². The van der Waals surface area contributed by atoms with Crippen molar-refractivity contribution in [3.8, 4) is 16.9 Å². The fourth-order valence-electron chi connectivity index (χ4n) is 5.39. The number of hydrogen-bond donors (Lipinski definition) is 2. The highest BCUT2D eigenvalue weighted by molar-refractivity contribution is 5.97. The molecule has 2 amide bonds. The maximum absolute atomic E-state index is 14.0. The highest BCUT2D eigenvalue weighted by Crippen LogP contribution is 2.29. The molecule has 0 saturated carbocycles. The number of halogens is 1. The molecule has 0 aliphatic rings. The van der Waals surface area contributed by atoms with Crippen molar-refractivity contribution in [3.63, 3.8) is 0 Å². The summed E-state index contributed by atoms with van der Waals surface area (Å²) in [7, 11) is 5.08. The van der Waals surface area contributed by atoms with E-state index in [-0.39, 0.29) is 35.4 Å². The lowest BCUT2D eigenvalue weighted by Crippen LogP contribution is -2.37. The zero-order valence-electron chi connectivity index (χ0n) is 25.7. The molecule has 44 heavy (non-hydrogen) atoms. The Kier molecular flexibility index (Phi) is 8.51. The Morgan fingerprint density at radius 2 is 1.73 bits per heavy atom. The van der Waals surface area contributed by atoms with E-state index >= 15 is 0 Å². The van der Waals surface area contributed by atoms with E-state index in [1.807, 2.05) is 54.9 Å². The van der Waals surface area contributed by atoms with Crippen molar-refractivity contribution >= 4 is 28.4 Å². The van der Waals surface area contributed by atoms with Gasteiger partial charge in [0, 0.05) is 42.5 Å². The Labute approximate surface area is 255 Å². The number of rotatable bonds is 8. The molecule has 0 saturated heterocycles. The van der Waals surface area contributed by atoms with Crippen LogP contribution in [-0.2, 0) is 11.3 Å². The third-order valence-corrected chi connectivity index (χ3v) is 8.00. The van der Waals surface area contributed by atoms with Crippen LogP contribution < -0.4 is 16.2 Å². The second-order valence-corrected chi connectivity index (χ2v) is 11.2. The highest BCUT2D eigenvalue weighted by atomic mass is 19.1. The van der Waals surface area contributed by atoms with Crippen molar-refractivity contribution in [1.29, 1.82) is 0 Å². The minimum atomic E-state index is -0.497. The maximum atomic E-state index is 14.0. The first kappa shape index (κ1) is 30.4. The number of nitrogens with zero attached hydrogens (tertiary/aromatic N) is 3. The molecule has 0 aliphatic carbocycles. The summed E-state index contributed by atoms with van der Waals surface area (Å²) in [6.07, 6.45) is 1.97. The number of fused-ring (bicyclic) bond motifs is 1. The number of aryl methyl sites for hydroxylation is 1. The van der Waals surface area contributed by atoms with Crippen LogP contribution in [-0.4, -0.2) is 53.0 Å². The molecule has 2 aromatic heterocycles. The van der Waals surface area contributed by atoms with Gasteiger partial charge in [-0.25, -0.2) is 4.39 Å². The molecule has 8 nitrogen and oxygen atoms in total. The number of likely N-dealkylation sites (N-methyl/N-ethyl adjacent to an activating group) is 1. The lowest BCUT2D eigenvalue weighted by molar-refractivity contribution is -0.117. The quantitative estimate of drug-likeness (QED) is 0.248. The minimum Gasteiger partial charge on any atom is -0.345 e. The average molecular weight is 594 g/mol. The van der Waals surface area contributed by atoms with Crippen LogP contribution >= 0.6 is 0 Å². The van der Waals surface area contributed by atoms with E-state index in [9.17, 15) is 18.8 Å². The molecule has 1 unspecified atom stereocenters. The van der Waals surface area contributed by atoms with Gasteiger partial charge in [0.25, 0.3) is 11.5 Å². The summed E-state index contributed by atoms with van der Waals surface area (Å²) < 4.78 is 17.6. The summed E-state index contributed by atoms with van der Waals surface area (Å²) in [5.41, 5.74) is 5.96. The monoisotopic (exact) mass is 593 g/mol. The fraction of sp³-hybridized carbons (Fsp3) is 0.229. The maximum Gasteiger partial charge on any atom is 0.275 e. The Balaban J connectivity index is 1.64. The Bertz CT molecular complexity index is 1960. The molecule has 0 fully saturated rings. The van der Waals surface area contributed by atoms with Gasteiger partial charge in [-0.05, 0) is 93.0 Å². The van der Waals surface area contributed by atoms with Crippen LogP contribution in [0.2, 0.25) is 0 Å². The van der Waals surface area contributed by atoms with Gasteiger partial charge in [-0.1, -0.05) is 24.3 Å². The number of carbonyl (C=O) groups is 2. The molecule has 0 radical (unpaired) electrons. The first-order valence-electron chi connectivity index (χ1n) is 14.4. The molecule has 0 aliphatic heterocycles. The van der Waals surface area contributed by atoms with Crippen molar-refractivity contribution in [2.24, 2.45) is 0 Å². The first-order valence-corrected chi connectivity index (χ1v) is 14.4. The van der Waals surface area contributed by atoms with Gasteiger partial charge in [0.1, 0.15) is 11.5 Å². The van der Waals surface area contributed by atoms with Crippen LogP contribution in [0.25, 0.3) is 27.8 Å². The van der Waals surface area contributed by atoms with Gasteiger partial charge < -0.3 is 24.7 Å². The van der Waals surface area contributed by atoms with Gasteiger partial charge >= 0.3 is 0 Å². The van der Waals surface area contributed by atoms with Gasteiger partial charge in [-0.2, -0.15) is 0 Å². The minimum absolute atomic E-state index is 0.134. The number of aromatic nitrogens is 2. The van der Waals surface area contributed by atoms with Crippen LogP contribution in [0.1, 0.15) is 34.0 Å². The third-order valence-electron chi connectivity index (χ3n) is 8.00. The smallest absolute Gasteiger partial charge is 0.275 e. The van der Waals surface area contributed by atoms with Gasteiger partial charge in [-0.15, -0.1) is 0 Å². The number of benzene rings is 3. The molecule has 226 valence electrons. The molecular weight excluding hydrogens is 557 g/mol. The average Bonchev–Trinajstić information content (AvgIpc) is 3.34. The molecule has 1 atom stereocenters. The molecule has 2 N–H and O–H groups in total. The Hall–Kier alpha value is -5.02. The summed E-state index contributed by atoms with van der Waals surface area (Å²) in [5.74, 6) is -0.751. The van der Waals surface area contributed by atoms with E-state index in [1.54, 1.807) is 63.0 Å². The van der Waals surface area contributed by atoms with Crippen LogP contribution in [0.15, 0.2) is 83.8 Å². The fourth-order valence-corrected chi connectivity index (χ4v) is 5.39. The molecule has 5 rings (SSSR count). The van der Waals surface area contributed by atoms with E-state index in [0.29, 0.717) is 11.3 Å². The van der Waals surface area contributed by atoms with Crippen molar-refractivity contribution in [2.75, 3.05) is 26.5 Å².